The smallest absolute Gasteiger partial charge is 0.274 e. The van der Waals surface area contributed by atoms with Crippen LogP contribution in [0, 0.1) is 12.7 Å². The molecular formula is C22H21FN4O4S. The lowest BCUT2D eigenvalue weighted by Gasteiger charge is -2.38. The zero-order valence-electron chi connectivity index (χ0n) is 17.5. The average molecular weight is 456 g/mol. The zero-order chi connectivity index (χ0) is 22.6. The van der Waals surface area contributed by atoms with Gasteiger partial charge in [0.1, 0.15) is 10.8 Å². The van der Waals surface area contributed by atoms with Crippen molar-refractivity contribution >= 4 is 17.2 Å². The topological polar surface area (TPSA) is 97.5 Å². The summed E-state index contributed by atoms with van der Waals surface area (Å²) >= 11 is 1.23. The van der Waals surface area contributed by atoms with Crippen LogP contribution in [0.4, 0.5) is 4.39 Å². The molecule has 1 fully saturated rings. The highest BCUT2D eigenvalue weighted by molar-refractivity contribution is 7.14. The van der Waals surface area contributed by atoms with E-state index in [0.29, 0.717) is 36.2 Å². The SMILES string of the molecule is CCN1C(=O)c2c(O)c(=O)c(-c3nnc(Cc4ccc(F)cc4C)s3)cn2C2COCC21. The van der Waals surface area contributed by atoms with Gasteiger partial charge >= 0.3 is 0 Å². The average Bonchev–Trinajstić information content (AvgIpc) is 3.42. The summed E-state index contributed by atoms with van der Waals surface area (Å²) in [5.41, 5.74) is 1.24. The summed E-state index contributed by atoms with van der Waals surface area (Å²) in [6.07, 6.45) is 2.03. The largest absolute Gasteiger partial charge is 0.503 e. The van der Waals surface area contributed by atoms with E-state index in [-0.39, 0.29) is 35.1 Å². The summed E-state index contributed by atoms with van der Waals surface area (Å²) in [7, 11) is 0. The number of likely N-dealkylation sites (N-methyl/N-ethyl adjacent to an activating group) is 1. The molecular weight excluding hydrogens is 435 g/mol. The number of hydrogen-bond acceptors (Lipinski definition) is 7. The Kier molecular flexibility index (Phi) is 5.06. The first-order valence-electron chi connectivity index (χ1n) is 10.3. The second-order valence-electron chi connectivity index (χ2n) is 7.99. The molecule has 3 aromatic rings. The molecule has 0 bridgehead atoms. The van der Waals surface area contributed by atoms with Crippen molar-refractivity contribution in [2.75, 3.05) is 19.8 Å². The first-order valence-corrected chi connectivity index (χ1v) is 11.1. The second-order valence-corrected chi connectivity index (χ2v) is 9.05. The molecule has 0 aliphatic carbocycles. The molecule has 10 heteroatoms. The Morgan fingerprint density at radius 2 is 2.03 bits per heavy atom. The van der Waals surface area contributed by atoms with Gasteiger partial charge < -0.3 is 19.3 Å². The van der Waals surface area contributed by atoms with Crippen LogP contribution in [0.2, 0.25) is 0 Å². The Balaban J connectivity index is 1.55. The van der Waals surface area contributed by atoms with Crippen molar-refractivity contribution < 1.29 is 19.0 Å². The predicted molar refractivity (Wildman–Crippen MR) is 116 cm³/mol. The van der Waals surface area contributed by atoms with Crippen LogP contribution in [-0.4, -0.2) is 56.5 Å². The van der Waals surface area contributed by atoms with E-state index in [1.807, 2.05) is 13.8 Å². The van der Waals surface area contributed by atoms with Gasteiger partial charge in [0.25, 0.3) is 5.91 Å². The highest BCUT2D eigenvalue weighted by Crippen LogP contribution is 2.36. The van der Waals surface area contributed by atoms with Crippen molar-refractivity contribution in [3.8, 4) is 16.3 Å². The summed E-state index contributed by atoms with van der Waals surface area (Å²) in [5, 5.41) is 20.1. The molecule has 32 heavy (non-hydrogen) atoms. The lowest BCUT2D eigenvalue weighted by Crippen LogP contribution is -2.51. The van der Waals surface area contributed by atoms with Crippen molar-refractivity contribution in [3.05, 3.63) is 62.3 Å². The van der Waals surface area contributed by atoms with E-state index >= 15 is 0 Å². The van der Waals surface area contributed by atoms with Crippen molar-refractivity contribution in [1.82, 2.24) is 19.7 Å². The minimum atomic E-state index is -0.654. The van der Waals surface area contributed by atoms with Crippen molar-refractivity contribution in [2.24, 2.45) is 0 Å². The third-order valence-corrected chi connectivity index (χ3v) is 7.09. The summed E-state index contributed by atoms with van der Waals surface area (Å²) in [5.74, 6) is -1.26. The van der Waals surface area contributed by atoms with Gasteiger partial charge in [-0.3, -0.25) is 9.59 Å². The minimum Gasteiger partial charge on any atom is -0.503 e. The van der Waals surface area contributed by atoms with E-state index in [9.17, 15) is 19.1 Å². The number of carbonyl (C=O) groups excluding carboxylic acids is 1. The molecule has 2 aromatic heterocycles. The van der Waals surface area contributed by atoms with Crippen molar-refractivity contribution in [1.29, 1.82) is 0 Å². The molecule has 166 valence electrons. The van der Waals surface area contributed by atoms with Crippen LogP contribution >= 0.6 is 11.3 Å². The van der Waals surface area contributed by atoms with Crippen molar-refractivity contribution in [2.45, 2.75) is 32.4 Å². The summed E-state index contributed by atoms with van der Waals surface area (Å²) in [6.45, 7) is 4.94. The maximum Gasteiger partial charge on any atom is 0.274 e. The number of amides is 1. The van der Waals surface area contributed by atoms with E-state index in [1.54, 1.807) is 21.7 Å². The predicted octanol–water partition coefficient (Wildman–Crippen LogP) is 2.53. The molecule has 1 aromatic carbocycles. The van der Waals surface area contributed by atoms with Crippen LogP contribution in [0.1, 0.15) is 39.6 Å². The van der Waals surface area contributed by atoms with E-state index < -0.39 is 11.2 Å². The van der Waals surface area contributed by atoms with Gasteiger partial charge in [0.05, 0.1) is 30.9 Å². The molecule has 8 nitrogen and oxygen atoms in total. The molecule has 4 heterocycles. The quantitative estimate of drug-likeness (QED) is 0.648. The summed E-state index contributed by atoms with van der Waals surface area (Å²) < 4.78 is 20.6. The molecule has 5 rings (SSSR count). The van der Waals surface area contributed by atoms with Gasteiger partial charge in [-0.1, -0.05) is 17.4 Å². The number of carbonyl (C=O) groups is 1. The monoisotopic (exact) mass is 456 g/mol. The van der Waals surface area contributed by atoms with Gasteiger partial charge in [0.2, 0.25) is 5.43 Å². The van der Waals surface area contributed by atoms with Crippen molar-refractivity contribution in [3.63, 3.8) is 0 Å². The molecule has 2 aliphatic heterocycles. The molecule has 0 spiro atoms. The Labute approximate surface area is 186 Å². The van der Waals surface area contributed by atoms with Crippen LogP contribution in [0.5, 0.6) is 5.75 Å². The highest BCUT2D eigenvalue weighted by Gasteiger charge is 2.44. The Bertz CT molecular complexity index is 1290. The number of pyridine rings is 1. The Hall–Kier alpha value is -3.11. The van der Waals surface area contributed by atoms with Crippen LogP contribution in [0.25, 0.3) is 10.6 Å². The lowest BCUT2D eigenvalue weighted by molar-refractivity contribution is 0.0571. The number of benzene rings is 1. The summed E-state index contributed by atoms with van der Waals surface area (Å²) in [6, 6.07) is 4.22. The lowest BCUT2D eigenvalue weighted by atomic mass is 10.0. The number of hydrogen-bond donors (Lipinski definition) is 1. The molecule has 0 radical (unpaired) electrons. The zero-order valence-corrected chi connectivity index (χ0v) is 18.4. The number of rotatable bonds is 4. The van der Waals surface area contributed by atoms with Crippen LogP contribution in [0.15, 0.2) is 29.2 Å². The number of ether oxygens (including phenoxy) is 1. The first-order chi connectivity index (χ1) is 15.4. The van der Waals surface area contributed by atoms with Gasteiger partial charge in [-0.25, -0.2) is 4.39 Å². The molecule has 2 aliphatic rings. The van der Waals surface area contributed by atoms with E-state index in [1.165, 1.54) is 23.5 Å². The molecule has 2 atom stereocenters. The third kappa shape index (κ3) is 3.21. The second kappa shape index (κ2) is 7.79. The fourth-order valence-electron chi connectivity index (χ4n) is 4.46. The van der Waals surface area contributed by atoms with Gasteiger partial charge in [0, 0.05) is 19.2 Å². The molecule has 0 saturated carbocycles. The van der Waals surface area contributed by atoms with Gasteiger partial charge in [-0.05, 0) is 37.1 Å². The van der Waals surface area contributed by atoms with Crippen LogP contribution in [-0.2, 0) is 11.2 Å². The molecule has 2 unspecified atom stereocenters. The van der Waals surface area contributed by atoms with E-state index in [0.717, 1.165) is 11.1 Å². The summed E-state index contributed by atoms with van der Waals surface area (Å²) in [4.78, 5) is 27.6. The Morgan fingerprint density at radius 3 is 2.78 bits per heavy atom. The fourth-order valence-corrected chi connectivity index (χ4v) is 5.33. The maximum atomic E-state index is 13.4. The number of halogens is 1. The number of aromatic hydroxyl groups is 1. The number of aromatic nitrogens is 3. The minimum absolute atomic E-state index is 0.0148. The van der Waals surface area contributed by atoms with Crippen LogP contribution in [0.3, 0.4) is 0 Å². The Morgan fingerprint density at radius 1 is 1.25 bits per heavy atom. The van der Waals surface area contributed by atoms with E-state index in [4.69, 9.17) is 4.74 Å². The van der Waals surface area contributed by atoms with Crippen LogP contribution < -0.4 is 5.43 Å². The van der Waals surface area contributed by atoms with Gasteiger partial charge in [-0.2, -0.15) is 0 Å². The maximum absolute atomic E-state index is 13.4. The number of fused-ring (bicyclic) bond motifs is 3. The number of nitrogens with zero attached hydrogens (tertiary/aromatic N) is 4. The molecule has 1 N–H and O–H groups in total. The standard InChI is InChI=1S/C22H21FN4O4S/c1-3-26-15-9-31-10-16(15)27-8-14(19(28)20(29)18(27)22(26)30)21-25-24-17(32-21)7-12-4-5-13(23)6-11(12)2/h4-6,8,15-16,29H,3,7,9-10H2,1-2H3. The molecule has 1 amide bonds. The van der Waals surface area contributed by atoms with Gasteiger partial charge in [0.15, 0.2) is 16.5 Å². The first kappa shape index (κ1) is 20.8. The highest BCUT2D eigenvalue weighted by atomic mass is 32.1. The van der Waals surface area contributed by atoms with Gasteiger partial charge in [-0.15, -0.1) is 10.2 Å². The molecule has 1 saturated heterocycles. The van der Waals surface area contributed by atoms with E-state index in [2.05, 4.69) is 10.2 Å². The number of aryl methyl sites for hydroxylation is 1. The normalized spacial score (nSPS) is 19.8. The fraction of sp³-hybridized carbons (Fsp3) is 0.364. The third-order valence-electron chi connectivity index (χ3n) is 6.14.